The molecule has 0 saturated carbocycles. The van der Waals surface area contributed by atoms with Crippen molar-refractivity contribution in [3.05, 3.63) is 0 Å². The van der Waals surface area contributed by atoms with Crippen LogP contribution in [0.1, 0.15) is 6.42 Å². The van der Waals surface area contributed by atoms with E-state index >= 15 is 0 Å². The molecule has 0 spiro atoms. The Labute approximate surface area is 60.0 Å². The van der Waals surface area contributed by atoms with E-state index in [1.54, 1.807) is 0 Å². The lowest BCUT2D eigenvalue weighted by Crippen LogP contribution is -2.31. The van der Waals surface area contributed by atoms with Gasteiger partial charge in [0.05, 0.1) is 25.2 Å². The van der Waals surface area contributed by atoms with E-state index in [9.17, 15) is 4.79 Å². The lowest BCUT2D eigenvalue weighted by molar-refractivity contribution is -0.130. The first-order valence-corrected chi connectivity index (χ1v) is 3.63. The molecule has 2 atom stereocenters. The van der Waals surface area contributed by atoms with Gasteiger partial charge in [0.1, 0.15) is 0 Å². The monoisotopic (exact) mass is 141 g/mol. The minimum Gasteiger partial charge on any atom is -0.378 e. The van der Waals surface area contributed by atoms with E-state index in [1.807, 2.05) is 11.9 Å². The Bertz CT molecular complexity index is 165. The van der Waals surface area contributed by atoms with Gasteiger partial charge >= 0.3 is 0 Å². The van der Waals surface area contributed by atoms with E-state index in [4.69, 9.17) is 4.74 Å². The van der Waals surface area contributed by atoms with Crippen molar-refractivity contribution in [2.75, 3.05) is 20.3 Å². The summed E-state index contributed by atoms with van der Waals surface area (Å²) in [6.07, 6.45) is 1.01. The zero-order valence-electron chi connectivity index (χ0n) is 6.04. The predicted molar refractivity (Wildman–Crippen MR) is 35.5 cm³/mol. The van der Waals surface area contributed by atoms with Crippen molar-refractivity contribution in [2.45, 2.75) is 12.5 Å². The molecular formula is C7H11NO2. The summed E-state index contributed by atoms with van der Waals surface area (Å²) in [5, 5.41) is 0. The SMILES string of the molecule is CN1C(=O)C2COCC1C2. The quantitative estimate of drug-likeness (QED) is 0.470. The van der Waals surface area contributed by atoms with Crippen molar-refractivity contribution in [2.24, 2.45) is 5.92 Å². The molecule has 0 aromatic heterocycles. The molecule has 0 aliphatic carbocycles. The smallest absolute Gasteiger partial charge is 0.228 e. The van der Waals surface area contributed by atoms with E-state index in [1.165, 1.54) is 0 Å². The Morgan fingerprint density at radius 3 is 3.00 bits per heavy atom. The van der Waals surface area contributed by atoms with E-state index in [0.717, 1.165) is 13.0 Å². The van der Waals surface area contributed by atoms with Crippen molar-refractivity contribution in [3.63, 3.8) is 0 Å². The average Bonchev–Trinajstić information content (AvgIpc) is 2.17. The van der Waals surface area contributed by atoms with Crippen LogP contribution in [-0.2, 0) is 9.53 Å². The van der Waals surface area contributed by atoms with Crippen LogP contribution in [0.15, 0.2) is 0 Å². The van der Waals surface area contributed by atoms with Gasteiger partial charge in [-0.15, -0.1) is 0 Å². The largest absolute Gasteiger partial charge is 0.378 e. The maximum absolute atomic E-state index is 11.2. The molecule has 56 valence electrons. The first-order valence-electron chi connectivity index (χ1n) is 3.63. The van der Waals surface area contributed by atoms with E-state index < -0.39 is 0 Å². The predicted octanol–water partition coefficient (Wildman–Crippen LogP) is -0.137. The summed E-state index contributed by atoms with van der Waals surface area (Å²) in [5.74, 6) is 0.436. The van der Waals surface area contributed by atoms with Crippen LogP contribution in [0.25, 0.3) is 0 Å². The first kappa shape index (κ1) is 6.16. The third kappa shape index (κ3) is 0.669. The van der Waals surface area contributed by atoms with Crippen LogP contribution in [0, 0.1) is 5.92 Å². The van der Waals surface area contributed by atoms with Gasteiger partial charge in [-0.2, -0.15) is 0 Å². The standard InChI is InChI=1S/C7H11NO2/c1-8-6-2-5(7(8)9)3-10-4-6/h5-6H,2-4H2,1H3. The second kappa shape index (κ2) is 1.95. The Hall–Kier alpha value is -0.570. The van der Waals surface area contributed by atoms with Gasteiger partial charge < -0.3 is 9.64 Å². The molecule has 0 aromatic carbocycles. The molecule has 0 N–H and O–H groups in total. The van der Waals surface area contributed by atoms with Gasteiger partial charge in [-0.3, -0.25) is 4.79 Å². The highest BCUT2D eigenvalue weighted by Crippen LogP contribution is 2.27. The number of carbonyl (C=O) groups is 1. The highest BCUT2D eigenvalue weighted by Gasteiger charge is 2.40. The van der Waals surface area contributed by atoms with Crippen LogP contribution in [0.5, 0.6) is 0 Å². The summed E-state index contributed by atoms with van der Waals surface area (Å²) in [6.45, 7) is 1.37. The number of carbonyl (C=O) groups excluding carboxylic acids is 1. The fourth-order valence-electron chi connectivity index (χ4n) is 1.72. The van der Waals surface area contributed by atoms with Crippen molar-refractivity contribution in [1.82, 2.24) is 4.90 Å². The van der Waals surface area contributed by atoms with Crippen molar-refractivity contribution in [1.29, 1.82) is 0 Å². The first-order chi connectivity index (χ1) is 4.79. The molecule has 2 saturated heterocycles. The van der Waals surface area contributed by atoms with Crippen LogP contribution in [0.3, 0.4) is 0 Å². The lowest BCUT2D eigenvalue weighted by atomic mass is 10.0. The average molecular weight is 141 g/mol. The molecule has 1 amide bonds. The fraction of sp³-hybridized carbons (Fsp3) is 0.857. The van der Waals surface area contributed by atoms with Gasteiger partial charge in [-0.25, -0.2) is 0 Å². The molecule has 0 radical (unpaired) electrons. The number of fused-ring (bicyclic) bond motifs is 2. The zero-order chi connectivity index (χ0) is 7.14. The van der Waals surface area contributed by atoms with E-state index in [2.05, 4.69) is 0 Å². The lowest BCUT2D eigenvalue weighted by Gasteiger charge is -2.19. The summed E-state index contributed by atoms with van der Waals surface area (Å²) in [6, 6.07) is 0.367. The second-order valence-corrected chi connectivity index (χ2v) is 3.07. The summed E-state index contributed by atoms with van der Waals surface area (Å²) in [4.78, 5) is 13.0. The molecule has 2 rings (SSSR count). The Balaban J connectivity index is 2.21. The summed E-state index contributed by atoms with van der Waals surface area (Å²) in [7, 11) is 1.86. The molecule has 3 nitrogen and oxygen atoms in total. The number of rotatable bonds is 0. The van der Waals surface area contributed by atoms with Crippen LogP contribution in [0.2, 0.25) is 0 Å². The van der Waals surface area contributed by atoms with E-state index in [0.29, 0.717) is 12.6 Å². The Kier molecular flexibility index (Phi) is 1.20. The third-order valence-electron chi connectivity index (χ3n) is 2.43. The Morgan fingerprint density at radius 1 is 1.60 bits per heavy atom. The normalized spacial score (nSPS) is 38.9. The molecule has 10 heavy (non-hydrogen) atoms. The van der Waals surface area contributed by atoms with Gasteiger partial charge in [0, 0.05) is 7.05 Å². The van der Waals surface area contributed by atoms with Crippen LogP contribution in [0.4, 0.5) is 0 Å². The summed E-state index contributed by atoms with van der Waals surface area (Å²) in [5.41, 5.74) is 0. The van der Waals surface area contributed by atoms with Crippen molar-refractivity contribution < 1.29 is 9.53 Å². The third-order valence-corrected chi connectivity index (χ3v) is 2.43. The minimum atomic E-state index is 0.170. The number of likely N-dealkylation sites (tertiary alicyclic amines) is 1. The summed E-state index contributed by atoms with van der Waals surface area (Å²) < 4.78 is 5.23. The number of hydrogen-bond acceptors (Lipinski definition) is 2. The molecule has 2 fully saturated rings. The van der Waals surface area contributed by atoms with Gasteiger partial charge in [0.15, 0.2) is 0 Å². The summed E-state index contributed by atoms with van der Waals surface area (Å²) >= 11 is 0. The fourth-order valence-corrected chi connectivity index (χ4v) is 1.72. The van der Waals surface area contributed by atoms with Crippen molar-refractivity contribution >= 4 is 5.91 Å². The van der Waals surface area contributed by atoms with E-state index in [-0.39, 0.29) is 11.8 Å². The van der Waals surface area contributed by atoms with Gasteiger partial charge in [-0.1, -0.05) is 0 Å². The zero-order valence-corrected chi connectivity index (χ0v) is 6.04. The highest BCUT2D eigenvalue weighted by molar-refractivity contribution is 5.81. The maximum Gasteiger partial charge on any atom is 0.228 e. The van der Waals surface area contributed by atoms with Gasteiger partial charge in [-0.05, 0) is 6.42 Å². The molecule has 2 unspecified atom stereocenters. The number of hydrogen-bond donors (Lipinski definition) is 0. The van der Waals surface area contributed by atoms with Gasteiger partial charge in [0.2, 0.25) is 5.91 Å². The molecule has 3 heteroatoms. The van der Waals surface area contributed by atoms with Gasteiger partial charge in [0.25, 0.3) is 0 Å². The molecule has 2 aliphatic rings. The number of amides is 1. The molecule has 2 bridgehead atoms. The number of ether oxygens (including phenoxy) is 1. The van der Waals surface area contributed by atoms with Crippen LogP contribution < -0.4 is 0 Å². The highest BCUT2D eigenvalue weighted by atomic mass is 16.5. The molecule has 0 aromatic rings. The van der Waals surface area contributed by atoms with Crippen LogP contribution >= 0.6 is 0 Å². The van der Waals surface area contributed by atoms with Crippen molar-refractivity contribution in [3.8, 4) is 0 Å². The minimum absolute atomic E-state index is 0.170. The molecule has 2 aliphatic heterocycles. The Morgan fingerprint density at radius 2 is 2.40 bits per heavy atom. The topological polar surface area (TPSA) is 29.5 Å². The second-order valence-electron chi connectivity index (χ2n) is 3.07. The number of nitrogens with zero attached hydrogens (tertiary/aromatic N) is 1. The molecule has 2 heterocycles. The molecular weight excluding hydrogens is 130 g/mol. The maximum atomic E-state index is 11.2. The number of likely N-dealkylation sites (N-methyl/N-ethyl adjacent to an activating group) is 1. The van der Waals surface area contributed by atoms with Crippen LogP contribution in [-0.4, -0.2) is 37.1 Å².